The monoisotopic (exact) mass is 302 g/mol. The van der Waals surface area contributed by atoms with Crippen molar-refractivity contribution in [1.29, 1.82) is 5.41 Å². The predicted octanol–water partition coefficient (Wildman–Crippen LogP) is 2.53. The van der Waals surface area contributed by atoms with Gasteiger partial charge in [0, 0.05) is 35.1 Å². The van der Waals surface area contributed by atoms with Gasteiger partial charge in [0.2, 0.25) is 0 Å². The molecule has 2 aromatic rings. The van der Waals surface area contributed by atoms with E-state index in [2.05, 4.69) is 0 Å². The number of anilines is 1. The Hall–Kier alpha value is -2.37. The highest BCUT2D eigenvalue weighted by Crippen LogP contribution is 2.30. The molecule has 1 amide bonds. The van der Waals surface area contributed by atoms with Gasteiger partial charge in [-0.2, -0.15) is 0 Å². The summed E-state index contributed by atoms with van der Waals surface area (Å²) in [7, 11) is 1.49. The number of rotatable bonds is 3. The molecular weight excluding hydrogens is 288 g/mol. The molecule has 0 saturated heterocycles. The van der Waals surface area contributed by atoms with E-state index in [1.54, 1.807) is 36.4 Å². The quantitative estimate of drug-likeness (QED) is 0.267. The van der Waals surface area contributed by atoms with E-state index in [4.69, 9.17) is 28.6 Å². The van der Waals surface area contributed by atoms with Crippen molar-refractivity contribution in [2.24, 2.45) is 5.84 Å². The third kappa shape index (κ3) is 3.04. The van der Waals surface area contributed by atoms with Crippen LogP contribution in [-0.2, 0) is 0 Å². The summed E-state index contributed by atoms with van der Waals surface area (Å²) >= 11 is 6.02. The number of amides is 1. The molecule has 2 rings (SSSR count). The summed E-state index contributed by atoms with van der Waals surface area (Å²) in [5.74, 6) is 5.14. The maximum atomic E-state index is 11.7. The van der Waals surface area contributed by atoms with Crippen molar-refractivity contribution in [2.75, 3.05) is 12.8 Å². The molecule has 0 radical (unpaired) electrons. The van der Waals surface area contributed by atoms with Crippen LogP contribution in [0.15, 0.2) is 36.4 Å². The van der Waals surface area contributed by atoms with E-state index in [1.807, 2.05) is 0 Å². The maximum Gasteiger partial charge on any atom is 0.267 e. The summed E-state index contributed by atoms with van der Waals surface area (Å²) in [4.78, 5) is 11.7. The summed E-state index contributed by atoms with van der Waals surface area (Å²) in [5.41, 5.74) is 8.95. The summed E-state index contributed by atoms with van der Waals surface area (Å²) < 4.78 is 0. The molecule has 0 aliphatic rings. The molecule has 0 atom stereocenters. The molecule has 0 unspecified atom stereocenters. The molecule has 0 saturated carbocycles. The van der Waals surface area contributed by atoms with Crippen LogP contribution in [0.5, 0.6) is 0 Å². The zero-order valence-electron chi connectivity index (χ0n) is 11.4. The van der Waals surface area contributed by atoms with Crippen LogP contribution >= 0.6 is 11.6 Å². The van der Waals surface area contributed by atoms with E-state index in [1.165, 1.54) is 13.3 Å². The Bertz CT molecular complexity index is 696. The zero-order chi connectivity index (χ0) is 15.6. The number of halogens is 1. The molecule has 0 fully saturated rings. The van der Waals surface area contributed by atoms with Gasteiger partial charge < -0.3 is 11.1 Å². The van der Waals surface area contributed by atoms with Gasteiger partial charge in [0.25, 0.3) is 5.91 Å². The van der Waals surface area contributed by atoms with Crippen molar-refractivity contribution < 1.29 is 4.79 Å². The van der Waals surface area contributed by atoms with E-state index < -0.39 is 0 Å². The minimum absolute atomic E-state index is 0.278. The molecule has 0 aromatic heterocycles. The van der Waals surface area contributed by atoms with Gasteiger partial charge in [0.05, 0.1) is 0 Å². The second-order valence-corrected chi connectivity index (χ2v) is 5.03. The van der Waals surface area contributed by atoms with E-state index in [-0.39, 0.29) is 5.91 Å². The molecule has 6 heteroatoms. The molecule has 2 aromatic carbocycles. The minimum atomic E-state index is -0.278. The molecule has 5 N–H and O–H groups in total. The number of carbonyl (C=O) groups excluding carboxylic acids is 1. The zero-order valence-corrected chi connectivity index (χ0v) is 12.2. The maximum absolute atomic E-state index is 11.7. The third-order valence-electron chi connectivity index (χ3n) is 3.08. The van der Waals surface area contributed by atoms with Crippen LogP contribution in [-0.4, -0.2) is 24.2 Å². The van der Waals surface area contributed by atoms with Gasteiger partial charge in [0.1, 0.15) is 0 Å². The molecule has 0 aliphatic heterocycles. The van der Waals surface area contributed by atoms with Gasteiger partial charge in [-0.3, -0.25) is 9.80 Å². The summed E-state index contributed by atoms with van der Waals surface area (Å²) in [6.45, 7) is 0. The molecule has 5 nitrogen and oxygen atoms in total. The average molecular weight is 303 g/mol. The van der Waals surface area contributed by atoms with E-state index in [9.17, 15) is 4.79 Å². The second-order valence-electron chi connectivity index (χ2n) is 4.59. The molecule has 21 heavy (non-hydrogen) atoms. The van der Waals surface area contributed by atoms with Crippen LogP contribution < -0.4 is 11.6 Å². The number of nitrogens with zero attached hydrogens (tertiary/aromatic N) is 1. The first kappa shape index (κ1) is 15.0. The lowest BCUT2D eigenvalue weighted by Gasteiger charge is -2.12. The molecule has 0 aliphatic carbocycles. The van der Waals surface area contributed by atoms with Gasteiger partial charge in [-0.05, 0) is 35.4 Å². The lowest BCUT2D eigenvalue weighted by molar-refractivity contribution is 0.0795. The van der Waals surface area contributed by atoms with Crippen molar-refractivity contribution in [1.82, 2.24) is 5.01 Å². The highest BCUT2D eigenvalue weighted by Gasteiger charge is 2.11. The number of benzene rings is 2. The average Bonchev–Trinajstić information content (AvgIpc) is 2.46. The van der Waals surface area contributed by atoms with Gasteiger partial charge >= 0.3 is 0 Å². The summed E-state index contributed by atoms with van der Waals surface area (Å²) in [6.07, 6.45) is 1.19. The van der Waals surface area contributed by atoms with Crippen molar-refractivity contribution in [3.8, 4) is 11.1 Å². The van der Waals surface area contributed by atoms with Crippen molar-refractivity contribution in [3.05, 3.63) is 52.5 Å². The Morgan fingerprint density at radius 2 is 1.90 bits per heavy atom. The fraction of sp³-hybridized carbons (Fsp3) is 0.0667. The fourth-order valence-corrected chi connectivity index (χ4v) is 2.26. The van der Waals surface area contributed by atoms with E-state index in [0.29, 0.717) is 21.8 Å². The van der Waals surface area contributed by atoms with Crippen LogP contribution in [0.25, 0.3) is 11.1 Å². The molecule has 108 valence electrons. The second kappa shape index (κ2) is 5.95. The topological polar surface area (TPSA) is 96.2 Å². The lowest BCUT2D eigenvalue weighted by Crippen LogP contribution is -2.32. The molecule has 0 heterocycles. The molecule has 0 spiro atoms. The minimum Gasteiger partial charge on any atom is -0.398 e. The Kier molecular flexibility index (Phi) is 4.26. The van der Waals surface area contributed by atoms with Crippen molar-refractivity contribution in [2.45, 2.75) is 0 Å². The number of nitrogen functional groups attached to an aromatic ring is 1. The number of nitrogens with one attached hydrogen (secondary N) is 1. The number of hydrogen-bond acceptors (Lipinski definition) is 4. The van der Waals surface area contributed by atoms with Crippen molar-refractivity contribution >= 4 is 29.4 Å². The summed E-state index contributed by atoms with van der Waals surface area (Å²) in [5, 5.41) is 9.01. The number of hydrogen-bond donors (Lipinski definition) is 3. The highest BCUT2D eigenvalue weighted by atomic mass is 35.5. The predicted molar refractivity (Wildman–Crippen MR) is 85.5 cm³/mol. The number of nitrogens with two attached hydrogens (primary N) is 2. The Morgan fingerprint density at radius 1 is 1.29 bits per heavy atom. The standard InChI is InChI=1S/C15H15ClN4O/c1-20(19)15(21)10-4-2-9(3-5-10)12-6-11(16)7-14(18)13(12)8-17/h2-8,17H,18-19H2,1H3. The highest BCUT2D eigenvalue weighted by molar-refractivity contribution is 6.31. The first-order valence-corrected chi connectivity index (χ1v) is 6.54. The van der Waals surface area contributed by atoms with Gasteiger partial charge in [-0.25, -0.2) is 5.84 Å². The van der Waals surface area contributed by atoms with Crippen LogP contribution in [0.1, 0.15) is 15.9 Å². The summed E-state index contributed by atoms with van der Waals surface area (Å²) in [6, 6.07) is 10.2. The van der Waals surface area contributed by atoms with Gasteiger partial charge in [-0.1, -0.05) is 23.7 Å². The Labute approximate surface area is 127 Å². The van der Waals surface area contributed by atoms with Gasteiger partial charge in [0.15, 0.2) is 0 Å². The third-order valence-corrected chi connectivity index (χ3v) is 3.30. The smallest absolute Gasteiger partial charge is 0.267 e. The molecular formula is C15H15ClN4O. The van der Waals surface area contributed by atoms with Crippen LogP contribution in [0, 0.1) is 5.41 Å². The Morgan fingerprint density at radius 3 is 2.43 bits per heavy atom. The van der Waals surface area contributed by atoms with Crippen molar-refractivity contribution in [3.63, 3.8) is 0 Å². The number of hydrazine groups is 1. The first-order valence-electron chi connectivity index (χ1n) is 6.16. The SMILES string of the molecule is CN(N)C(=O)c1ccc(-c2cc(Cl)cc(N)c2C=N)cc1. The largest absolute Gasteiger partial charge is 0.398 e. The normalized spacial score (nSPS) is 10.2. The fourth-order valence-electron chi connectivity index (χ4n) is 2.04. The lowest BCUT2D eigenvalue weighted by atomic mass is 9.98. The van der Waals surface area contributed by atoms with Crippen LogP contribution in [0.2, 0.25) is 5.02 Å². The molecule has 0 bridgehead atoms. The number of carbonyl (C=O) groups is 1. The van der Waals surface area contributed by atoms with E-state index >= 15 is 0 Å². The van der Waals surface area contributed by atoms with E-state index in [0.717, 1.165) is 16.1 Å². The van der Waals surface area contributed by atoms with Crippen LogP contribution in [0.4, 0.5) is 5.69 Å². The first-order chi connectivity index (χ1) is 9.93. The van der Waals surface area contributed by atoms with Gasteiger partial charge in [-0.15, -0.1) is 0 Å². The van der Waals surface area contributed by atoms with Crippen LogP contribution in [0.3, 0.4) is 0 Å². The Balaban J connectivity index is 2.49.